The fourth-order valence-corrected chi connectivity index (χ4v) is 1.89. The van der Waals surface area contributed by atoms with Crippen LogP contribution in [0.4, 0.5) is 0 Å². The number of nitrogens with zero attached hydrogens (tertiary/aromatic N) is 2. The number of hydrogen-bond donors (Lipinski definition) is 2. The van der Waals surface area contributed by atoms with Crippen molar-refractivity contribution < 1.29 is 14.6 Å². The topological polar surface area (TPSA) is 88.1 Å². The third kappa shape index (κ3) is 2.51. The number of nitrogens with one attached hydrogen (secondary N) is 1. The molecule has 0 bridgehead atoms. The lowest BCUT2D eigenvalue weighted by Gasteiger charge is -2.32. The van der Waals surface area contributed by atoms with Gasteiger partial charge in [-0.15, -0.1) is 12.4 Å². The first-order valence-corrected chi connectivity index (χ1v) is 4.89. The van der Waals surface area contributed by atoms with Crippen LogP contribution in [0.5, 0.6) is 0 Å². The molecule has 1 aromatic heterocycles. The number of aromatic nitrogens is 3. The molecular formula is C9H14ClN3O3. The Bertz CT molecular complexity index is 336. The molecule has 0 radical (unpaired) electrons. The van der Waals surface area contributed by atoms with Gasteiger partial charge >= 0.3 is 5.97 Å². The lowest BCUT2D eigenvalue weighted by molar-refractivity contribution is -0.154. The predicted octanol–water partition coefficient (Wildman–Crippen LogP) is 0.650. The molecule has 16 heavy (non-hydrogen) atoms. The van der Waals surface area contributed by atoms with E-state index in [2.05, 4.69) is 15.4 Å². The molecule has 0 aliphatic carbocycles. The Morgan fingerprint density at radius 1 is 1.56 bits per heavy atom. The van der Waals surface area contributed by atoms with Gasteiger partial charge in [0.05, 0.1) is 17.3 Å². The van der Waals surface area contributed by atoms with Gasteiger partial charge < -0.3 is 9.84 Å². The van der Waals surface area contributed by atoms with Crippen molar-refractivity contribution in [2.45, 2.75) is 19.3 Å². The molecule has 0 aromatic carbocycles. The average Bonchev–Trinajstić information content (AvgIpc) is 2.71. The minimum atomic E-state index is -0.770. The number of ether oxygens (including phenoxy) is 1. The van der Waals surface area contributed by atoms with Gasteiger partial charge in [-0.3, -0.25) is 4.79 Å². The number of carbonyl (C=O) groups is 1. The summed E-state index contributed by atoms with van der Waals surface area (Å²) < 4.78 is 5.19. The smallest absolute Gasteiger partial charge is 0.310 e. The van der Waals surface area contributed by atoms with E-state index >= 15 is 0 Å². The molecule has 0 atom stereocenters. The predicted molar refractivity (Wildman–Crippen MR) is 57.5 cm³/mol. The molecular weight excluding hydrogens is 234 g/mol. The first-order valence-electron chi connectivity index (χ1n) is 4.89. The normalized spacial score (nSPS) is 18.8. The Labute approximate surface area is 98.8 Å². The van der Waals surface area contributed by atoms with Crippen molar-refractivity contribution in [3.8, 4) is 0 Å². The van der Waals surface area contributed by atoms with Gasteiger partial charge in [-0.2, -0.15) is 15.4 Å². The molecule has 1 fully saturated rings. The second-order valence-corrected chi connectivity index (χ2v) is 3.84. The fourth-order valence-electron chi connectivity index (χ4n) is 1.89. The molecule has 0 amide bonds. The van der Waals surface area contributed by atoms with E-state index in [1.54, 1.807) is 6.20 Å². The number of aromatic amines is 1. The second kappa shape index (κ2) is 5.27. The van der Waals surface area contributed by atoms with E-state index in [-0.39, 0.29) is 12.4 Å². The van der Waals surface area contributed by atoms with Crippen LogP contribution >= 0.6 is 12.4 Å². The van der Waals surface area contributed by atoms with E-state index < -0.39 is 11.4 Å². The maximum absolute atomic E-state index is 11.3. The number of carboxylic acid groups (broad SMARTS) is 1. The van der Waals surface area contributed by atoms with Gasteiger partial charge in [0.25, 0.3) is 0 Å². The molecule has 0 saturated carbocycles. The van der Waals surface area contributed by atoms with Crippen LogP contribution in [0.25, 0.3) is 0 Å². The number of carboxylic acids is 1. The van der Waals surface area contributed by atoms with Crippen molar-refractivity contribution >= 4 is 18.4 Å². The van der Waals surface area contributed by atoms with Gasteiger partial charge in [0.2, 0.25) is 0 Å². The average molecular weight is 248 g/mol. The first-order chi connectivity index (χ1) is 7.23. The zero-order valence-electron chi connectivity index (χ0n) is 8.68. The number of halogens is 1. The van der Waals surface area contributed by atoms with Crippen molar-refractivity contribution in [1.29, 1.82) is 0 Å². The summed E-state index contributed by atoms with van der Waals surface area (Å²) in [5.41, 5.74) is -0.0333. The molecule has 0 spiro atoms. The highest BCUT2D eigenvalue weighted by Gasteiger charge is 2.40. The summed E-state index contributed by atoms with van der Waals surface area (Å²) in [5, 5.41) is 19.3. The number of H-pyrrole nitrogens is 1. The van der Waals surface area contributed by atoms with Gasteiger partial charge in [0.1, 0.15) is 0 Å². The molecule has 2 N–H and O–H groups in total. The summed E-state index contributed by atoms with van der Waals surface area (Å²) in [6.45, 7) is 1.01. The van der Waals surface area contributed by atoms with E-state index in [4.69, 9.17) is 4.74 Å². The van der Waals surface area contributed by atoms with Crippen LogP contribution in [-0.2, 0) is 16.0 Å². The molecule has 2 heterocycles. The minimum Gasteiger partial charge on any atom is -0.481 e. The SMILES string of the molecule is Cl.O=C(O)C1(Cc2cn[nH]n2)CCOCC1. The quantitative estimate of drug-likeness (QED) is 0.819. The van der Waals surface area contributed by atoms with Gasteiger partial charge in [0, 0.05) is 19.6 Å². The maximum atomic E-state index is 11.3. The van der Waals surface area contributed by atoms with Gasteiger partial charge in [-0.05, 0) is 12.8 Å². The largest absolute Gasteiger partial charge is 0.481 e. The van der Waals surface area contributed by atoms with Crippen LogP contribution in [0.2, 0.25) is 0 Å². The van der Waals surface area contributed by atoms with Crippen LogP contribution in [0.1, 0.15) is 18.5 Å². The molecule has 90 valence electrons. The van der Waals surface area contributed by atoms with E-state index in [9.17, 15) is 9.90 Å². The highest BCUT2D eigenvalue weighted by atomic mass is 35.5. The summed E-state index contributed by atoms with van der Waals surface area (Å²) in [5.74, 6) is -0.770. The van der Waals surface area contributed by atoms with Gasteiger partial charge in [0.15, 0.2) is 0 Å². The van der Waals surface area contributed by atoms with E-state index in [1.807, 2.05) is 0 Å². The lowest BCUT2D eigenvalue weighted by atomic mass is 9.76. The third-order valence-corrected chi connectivity index (χ3v) is 2.89. The van der Waals surface area contributed by atoms with Gasteiger partial charge in [-0.1, -0.05) is 0 Å². The molecule has 7 heteroatoms. The monoisotopic (exact) mass is 247 g/mol. The summed E-state index contributed by atoms with van der Waals surface area (Å²) in [4.78, 5) is 11.3. The standard InChI is InChI=1S/C9H13N3O3.ClH/c13-8(14)9(1-3-15-4-2-9)5-7-6-10-12-11-7;/h6H,1-5H2,(H,13,14)(H,10,11,12);1H. The molecule has 1 aliphatic heterocycles. The fraction of sp³-hybridized carbons (Fsp3) is 0.667. The zero-order valence-corrected chi connectivity index (χ0v) is 9.50. The van der Waals surface area contributed by atoms with Crippen LogP contribution in [0.15, 0.2) is 6.20 Å². The van der Waals surface area contributed by atoms with Crippen molar-refractivity contribution in [2.75, 3.05) is 13.2 Å². The Morgan fingerprint density at radius 3 is 2.75 bits per heavy atom. The highest BCUT2D eigenvalue weighted by molar-refractivity contribution is 5.85. The molecule has 2 rings (SSSR count). The summed E-state index contributed by atoms with van der Waals surface area (Å²) >= 11 is 0. The first kappa shape index (κ1) is 12.9. The summed E-state index contributed by atoms with van der Waals surface area (Å²) in [7, 11) is 0. The Kier molecular flexibility index (Phi) is 4.26. The maximum Gasteiger partial charge on any atom is 0.310 e. The lowest BCUT2D eigenvalue weighted by Crippen LogP contribution is -2.39. The van der Waals surface area contributed by atoms with Gasteiger partial charge in [-0.25, -0.2) is 0 Å². The Morgan fingerprint density at radius 2 is 2.25 bits per heavy atom. The molecule has 1 aromatic rings. The second-order valence-electron chi connectivity index (χ2n) is 3.84. The van der Waals surface area contributed by atoms with Crippen molar-refractivity contribution in [2.24, 2.45) is 5.41 Å². The molecule has 0 unspecified atom stereocenters. The van der Waals surface area contributed by atoms with E-state index in [1.165, 1.54) is 0 Å². The van der Waals surface area contributed by atoms with Crippen molar-refractivity contribution in [1.82, 2.24) is 15.4 Å². The van der Waals surface area contributed by atoms with Crippen LogP contribution < -0.4 is 0 Å². The number of aliphatic carboxylic acids is 1. The van der Waals surface area contributed by atoms with E-state index in [0.29, 0.717) is 38.2 Å². The minimum absolute atomic E-state index is 0. The van der Waals surface area contributed by atoms with Crippen molar-refractivity contribution in [3.05, 3.63) is 11.9 Å². The van der Waals surface area contributed by atoms with Crippen LogP contribution in [0, 0.1) is 5.41 Å². The molecule has 6 nitrogen and oxygen atoms in total. The van der Waals surface area contributed by atoms with Crippen LogP contribution in [0.3, 0.4) is 0 Å². The molecule has 1 aliphatic rings. The highest BCUT2D eigenvalue weighted by Crippen LogP contribution is 2.33. The number of rotatable bonds is 3. The summed E-state index contributed by atoms with van der Waals surface area (Å²) in [6.07, 6.45) is 3.06. The number of hydrogen-bond acceptors (Lipinski definition) is 4. The zero-order chi connectivity index (χ0) is 10.7. The Balaban J connectivity index is 0.00000128. The van der Waals surface area contributed by atoms with E-state index in [0.717, 1.165) is 0 Å². The Hall–Kier alpha value is -1.14. The van der Waals surface area contributed by atoms with Crippen molar-refractivity contribution in [3.63, 3.8) is 0 Å². The molecule has 1 saturated heterocycles. The summed E-state index contributed by atoms with van der Waals surface area (Å²) in [6, 6.07) is 0. The van der Waals surface area contributed by atoms with Crippen LogP contribution in [-0.4, -0.2) is 39.7 Å². The third-order valence-electron chi connectivity index (χ3n) is 2.89.